The van der Waals surface area contributed by atoms with Crippen LogP contribution in [0.25, 0.3) is 0 Å². The maximum absolute atomic E-state index is 5.28. The lowest BCUT2D eigenvalue weighted by molar-refractivity contribution is 0.0784. The van der Waals surface area contributed by atoms with Gasteiger partial charge in [-0.05, 0) is 56.6 Å². The summed E-state index contributed by atoms with van der Waals surface area (Å²) in [5.74, 6) is 1.76. The van der Waals surface area contributed by atoms with Crippen molar-refractivity contribution < 1.29 is 4.74 Å². The van der Waals surface area contributed by atoms with E-state index in [1.54, 1.807) is 7.11 Å². The fourth-order valence-corrected chi connectivity index (χ4v) is 2.88. The highest BCUT2D eigenvalue weighted by Gasteiger charge is 2.33. The van der Waals surface area contributed by atoms with E-state index in [0.717, 1.165) is 37.3 Å². The van der Waals surface area contributed by atoms with E-state index in [0.29, 0.717) is 0 Å². The van der Waals surface area contributed by atoms with Crippen molar-refractivity contribution in [2.75, 3.05) is 27.2 Å². The fourth-order valence-electron chi connectivity index (χ4n) is 2.88. The van der Waals surface area contributed by atoms with Gasteiger partial charge in [0.1, 0.15) is 5.75 Å². The first-order valence-electron chi connectivity index (χ1n) is 7.28. The Balaban J connectivity index is 1.87. The second-order valence-corrected chi connectivity index (χ2v) is 5.48. The third-order valence-electron chi connectivity index (χ3n) is 4.17. The predicted octanol–water partition coefficient (Wildman–Crippen LogP) is 2.52. The third-order valence-corrected chi connectivity index (χ3v) is 4.17. The standard InChI is InChI=1S/C16H26N2O/c1-4-17-11-14-8-9-16(14)18(2)12-13-6-5-7-15(10-13)19-3/h5-7,10,14,16-17H,4,8-9,11-12H2,1-3H3. The average Bonchev–Trinajstić information content (AvgIpc) is 2.38. The molecular weight excluding hydrogens is 236 g/mol. The van der Waals surface area contributed by atoms with Crippen LogP contribution in [0.3, 0.4) is 0 Å². The molecule has 0 spiro atoms. The molecule has 1 aromatic carbocycles. The van der Waals surface area contributed by atoms with Gasteiger partial charge < -0.3 is 10.1 Å². The van der Waals surface area contributed by atoms with Crippen molar-refractivity contribution in [2.24, 2.45) is 5.92 Å². The van der Waals surface area contributed by atoms with E-state index in [-0.39, 0.29) is 0 Å². The predicted molar refractivity (Wildman–Crippen MR) is 79.5 cm³/mol. The fraction of sp³-hybridized carbons (Fsp3) is 0.625. The minimum absolute atomic E-state index is 0.727. The molecule has 1 saturated carbocycles. The van der Waals surface area contributed by atoms with Crippen molar-refractivity contribution in [3.63, 3.8) is 0 Å². The van der Waals surface area contributed by atoms with Gasteiger partial charge in [0.05, 0.1) is 7.11 Å². The average molecular weight is 262 g/mol. The Morgan fingerprint density at radius 2 is 2.21 bits per heavy atom. The number of benzene rings is 1. The van der Waals surface area contributed by atoms with Gasteiger partial charge in [0.2, 0.25) is 0 Å². The summed E-state index contributed by atoms with van der Waals surface area (Å²) >= 11 is 0. The van der Waals surface area contributed by atoms with Crippen LogP contribution in [0.1, 0.15) is 25.3 Å². The van der Waals surface area contributed by atoms with Crippen molar-refractivity contribution >= 4 is 0 Å². The van der Waals surface area contributed by atoms with Crippen molar-refractivity contribution in [1.82, 2.24) is 10.2 Å². The number of ether oxygens (including phenoxy) is 1. The number of nitrogens with one attached hydrogen (secondary N) is 1. The first-order chi connectivity index (χ1) is 9.24. The van der Waals surface area contributed by atoms with E-state index in [1.165, 1.54) is 18.4 Å². The van der Waals surface area contributed by atoms with Crippen LogP contribution in [0.2, 0.25) is 0 Å². The molecule has 1 fully saturated rings. The van der Waals surface area contributed by atoms with Crippen LogP contribution in [0.5, 0.6) is 5.75 Å². The minimum Gasteiger partial charge on any atom is -0.497 e. The molecule has 1 aromatic rings. The minimum atomic E-state index is 0.727. The topological polar surface area (TPSA) is 24.5 Å². The molecule has 2 atom stereocenters. The van der Waals surface area contributed by atoms with Gasteiger partial charge in [0.15, 0.2) is 0 Å². The Labute approximate surface area is 116 Å². The number of hydrogen-bond acceptors (Lipinski definition) is 3. The molecule has 1 N–H and O–H groups in total. The maximum Gasteiger partial charge on any atom is 0.119 e. The molecule has 1 aliphatic rings. The van der Waals surface area contributed by atoms with Crippen LogP contribution in [0.15, 0.2) is 24.3 Å². The van der Waals surface area contributed by atoms with Gasteiger partial charge in [-0.3, -0.25) is 4.90 Å². The van der Waals surface area contributed by atoms with Crippen LogP contribution < -0.4 is 10.1 Å². The lowest BCUT2D eigenvalue weighted by atomic mass is 9.78. The lowest BCUT2D eigenvalue weighted by Gasteiger charge is -2.43. The van der Waals surface area contributed by atoms with E-state index < -0.39 is 0 Å². The summed E-state index contributed by atoms with van der Waals surface area (Å²) in [4.78, 5) is 2.49. The molecule has 0 aliphatic heterocycles. The maximum atomic E-state index is 5.28. The lowest BCUT2D eigenvalue weighted by Crippen LogP contribution is -2.48. The quantitative estimate of drug-likeness (QED) is 0.817. The van der Waals surface area contributed by atoms with Crippen LogP contribution in [-0.2, 0) is 6.54 Å². The number of rotatable bonds is 7. The number of hydrogen-bond donors (Lipinski definition) is 1. The van der Waals surface area contributed by atoms with Crippen LogP contribution >= 0.6 is 0 Å². The second kappa shape index (κ2) is 6.92. The van der Waals surface area contributed by atoms with E-state index in [1.807, 2.05) is 6.07 Å². The van der Waals surface area contributed by atoms with Crippen LogP contribution in [0.4, 0.5) is 0 Å². The highest BCUT2D eigenvalue weighted by molar-refractivity contribution is 5.28. The zero-order chi connectivity index (χ0) is 13.7. The Bertz CT molecular complexity index is 394. The molecule has 0 bridgehead atoms. The van der Waals surface area contributed by atoms with Gasteiger partial charge in [0, 0.05) is 12.6 Å². The van der Waals surface area contributed by atoms with Crippen molar-refractivity contribution in [3.8, 4) is 5.75 Å². The molecule has 0 radical (unpaired) electrons. The molecule has 19 heavy (non-hydrogen) atoms. The first-order valence-corrected chi connectivity index (χ1v) is 7.28. The van der Waals surface area contributed by atoms with Gasteiger partial charge in [-0.25, -0.2) is 0 Å². The zero-order valence-corrected chi connectivity index (χ0v) is 12.4. The Kier molecular flexibility index (Phi) is 5.23. The molecule has 0 saturated heterocycles. The van der Waals surface area contributed by atoms with Gasteiger partial charge in [-0.2, -0.15) is 0 Å². The summed E-state index contributed by atoms with van der Waals surface area (Å²) in [6.07, 6.45) is 2.69. The molecule has 106 valence electrons. The largest absolute Gasteiger partial charge is 0.497 e. The third kappa shape index (κ3) is 3.71. The molecule has 3 nitrogen and oxygen atoms in total. The van der Waals surface area contributed by atoms with E-state index in [9.17, 15) is 0 Å². The van der Waals surface area contributed by atoms with Crippen LogP contribution in [0, 0.1) is 5.92 Å². The summed E-state index contributed by atoms with van der Waals surface area (Å²) < 4.78 is 5.28. The molecule has 0 amide bonds. The summed E-state index contributed by atoms with van der Waals surface area (Å²) in [6.45, 7) is 5.41. The second-order valence-electron chi connectivity index (χ2n) is 5.48. The monoisotopic (exact) mass is 262 g/mol. The van der Waals surface area contributed by atoms with Crippen molar-refractivity contribution in [3.05, 3.63) is 29.8 Å². The Morgan fingerprint density at radius 1 is 1.37 bits per heavy atom. The summed E-state index contributed by atoms with van der Waals surface area (Å²) in [5, 5.41) is 3.47. The Morgan fingerprint density at radius 3 is 2.84 bits per heavy atom. The normalized spacial score (nSPS) is 22.3. The van der Waals surface area contributed by atoms with Gasteiger partial charge in [-0.1, -0.05) is 19.1 Å². The van der Waals surface area contributed by atoms with Crippen molar-refractivity contribution in [1.29, 1.82) is 0 Å². The molecule has 2 unspecified atom stereocenters. The SMILES string of the molecule is CCNCC1CCC1N(C)Cc1cccc(OC)c1. The smallest absolute Gasteiger partial charge is 0.119 e. The highest BCUT2D eigenvalue weighted by Crippen LogP contribution is 2.31. The van der Waals surface area contributed by atoms with Gasteiger partial charge >= 0.3 is 0 Å². The van der Waals surface area contributed by atoms with E-state index >= 15 is 0 Å². The molecule has 0 heterocycles. The molecule has 1 aliphatic carbocycles. The number of nitrogens with zero attached hydrogens (tertiary/aromatic N) is 1. The molecular formula is C16H26N2O. The van der Waals surface area contributed by atoms with Crippen molar-refractivity contribution in [2.45, 2.75) is 32.4 Å². The zero-order valence-electron chi connectivity index (χ0n) is 12.4. The molecule has 0 aromatic heterocycles. The van der Waals surface area contributed by atoms with Gasteiger partial charge in [-0.15, -0.1) is 0 Å². The molecule has 2 rings (SSSR count). The summed E-state index contributed by atoms with van der Waals surface area (Å²) in [7, 11) is 3.96. The first kappa shape index (κ1) is 14.4. The number of methoxy groups -OCH3 is 1. The summed E-state index contributed by atoms with van der Waals surface area (Å²) in [6, 6.07) is 9.11. The Hall–Kier alpha value is -1.06. The van der Waals surface area contributed by atoms with E-state index in [2.05, 4.69) is 42.4 Å². The highest BCUT2D eigenvalue weighted by atomic mass is 16.5. The molecule has 3 heteroatoms. The van der Waals surface area contributed by atoms with E-state index in [4.69, 9.17) is 4.74 Å². The van der Waals surface area contributed by atoms with Gasteiger partial charge in [0.25, 0.3) is 0 Å². The summed E-state index contributed by atoms with van der Waals surface area (Å²) in [5.41, 5.74) is 1.33. The van der Waals surface area contributed by atoms with Crippen LogP contribution in [-0.4, -0.2) is 38.2 Å².